The van der Waals surface area contributed by atoms with Gasteiger partial charge in [-0.2, -0.15) is 0 Å². The third-order valence-corrected chi connectivity index (χ3v) is 5.47. The van der Waals surface area contributed by atoms with Crippen molar-refractivity contribution < 1.29 is 14.3 Å². The molecule has 0 aromatic heterocycles. The Morgan fingerprint density at radius 1 is 1.17 bits per heavy atom. The normalized spacial score (nSPS) is 25.5. The van der Waals surface area contributed by atoms with Crippen LogP contribution in [0, 0.1) is 0 Å². The van der Waals surface area contributed by atoms with Crippen LogP contribution >= 0.6 is 0 Å². The maximum atomic E-state index is 12.2. The number of amides is 1. The Labute approximate surface area is 137 Å². The van der Waals surface area contributed by atoms with Gasteiger partial charge in [0.2, 0.25) is 0 Å². The van der Waals surface area contributed by atoms with E-state index in [2.05, 4.69) is 11.0 Å². The van der Waals surface area contributed by atoms with Crippen molar-refractivity contribution in [3.05, 3.63) is 23.8 Å². The second kappa shape index (κ2) is 6.04. The first-order chi connectivity index (χ1) is 11.3. The molecule has 1 aromatic rings. The summed E-state index contributed by atoms with van der Waals surface area (Å²) >= 11 is 0. The fourth-order valence-corrected chi connectivity index (χ4v) is 4.21. The molecule has 2 fully saturated rings. The summed E-state index contributed by atoms with van der Waals surface area (Å²) in [6.45, 7) is 2.41. The van der Waals surface area contributed by atoms with Gasteiger partial charge in [0.1, 0.15) is 12.4 Å². The van der Waals surface area contributed by atoms with E-state index in [1.54, 1.807) is 7.11 Å². The van der Waals surface area contributed by atoms with E-state index in [0.29, 0.717) is 12.6 Å². The molecule has 5 nitrogen and oxygen atoms in total. The molecule has 5 heteroatoms. The molecule has 1 saturated heterocycles. The van der Waals surface area contributed by atoms with Crippen LogP contribution in [0.5, 0.6) is 5.75 Å². The molecule has 0 N–H and O–H groups in total. The lowest BCUT2D eigenvalue weighted by atomic mass is 10.0. The number of rotatable bonds is 2. The van der Waals surface area contributed by atoms with Crippen LogP contribution in [0.2, 0.25) is 0 Å². The van der Waals surface area contributed by atoms with Gasteiger partial charge in [-0.1, -0.05) is 12.8 Å². The summed E-state index contributed by atoms with van der Waals surface area (Å²) < 4.78 is 10.7. The molecule has 1 aromatic carbocycles. The number of hydrogen-bond acceptors (Lipinski definition) is 4. The van der Waals surface area contributed by atoms with E-state index in [0.717, 1.165) is 30.9 Å². The maximum Gasteiger partial charge on any atom is 0.414 e. The van der Waals surface area contributed by atoms with E-state index in [4.69, 9.17) is 9.47 Å². The monoisotopic (exact) mass is 316 g/mol. The molecule has 23 heavy (non-hydrogen) atoms. The van der Waals surface area contributed by atoms with Gasteiger partial charge in [-0.15, -0.1) is 0 Å². The Balaban J connectivity index is 1.71. The number of carbonyl (C=O) groups excluding carboxylic acids is 1. The van der Waals surface area contributed by atoms with E-state index in [-0.39, 0.29) is 12.1 Å². The summed E-state index contributed by atoms with van der Waals surface area (Å²) in [6, 6.07) is 6.85. The third kappa shape index (κ3) is 2.67. The molecule has 0 spiro atoms. The molecule has 2 aliphatic heterocycles. The van der Waals surface area contributed by atoms with Crippen LogP contribution in [-0.4, -0.2) is 43.3 Å². The first-order valence-corrected chi connectivity index (χ1v) is 8.63. The van der Waals surface area contributed by atoms with Crippen molar-refractivity contribution in [2.45, 2.75) is 50.7 Å². The number of hydrogen-bond donors (Lipinski definition) is 0. The predicted molar refractivity (Wildman–Crippen MR) is 87.9 cm³/mol. The van der Waals surface area contributed by atoms with E-state index in [1.807, 2.05) is 17.0 Å². The molecule has 1 amide bonds. The molecule has 2 heterocycles. The highest BCUT2D eigenvalue weighted by Gasteiger charge is 2.38. The standard InChI is InChI=1S/C18H24N2O3/c1-22-16-6-7-17-13(10-16)11-19(14-4-2-3-5-14)9-8-15-12-23-18(21)20(15)17/h6-7,10,14-15H,2-5,8-9,11-12H2,1H3. The third-order valence-electron chi connectivity index (χ3n) is 5.47. The van der Waals surface area contributed by atoms with Crippen molar-refractivity contribution in [2.75, 3.05) is 25.2 Å². The molecule has 0 bridgehead atoms. The molecule has 1 aliphatic carbocycles. The van der Waals surface area contributed by atoms with Gasteiger partial charge < -0.3 is 9.47 Å². The Bertz CT molecular complexity index is 598. The van der Waals surface area contributed by atoms with Crippen LogP contribution in [0.1, 0.15) is 37.7 Å². The zero-order valence-electron chi connectivity index (χ0n) is 13.7. The fourth-order valence-electron chi connectivity index (χ4n) is 4.21. The molecule has 1 unspecified atom stereocenters. The largest absolute Gasteiger partial charge is 0.497 e. The molecule has 1 saturated carbocycles. The van der Waals surface area contributed by atoms with Crippen molar-refractivity contribution in [1.82, 2.24) is 4.90 Å². The quantitative estimate of drug-likeness (QED) is 0.840. The fraction of sp³-hybridized carbons (Fsp3) is 0.611. The Morgan fingerprint density at radius 3 is 2.78 bits per heavy atom. The first-order valence-electron chi connectivity index (χ1n) is 8.63. The number of cyclic esters (lactones) is 1. The average molecular weight is 316 g/mol. The van der Waals surface area contributed by atoms with Gasteiger partial charge in [-0.3, -0.25) is 9.80 Å². The van der Waals surface area contributed by atoms with Crippen molar-refractivity contribution in [3.63, 3.8) is 0 Å². The summed E-state index contributed by atoms with van der Waals surface area (Å²) in [5, 5.41) is 0. The smallest absolute Gasteiger partial charge is 0.414 e. The van der Waals surface area contributed by atoms with Gasteiger partial charge >= 0.3 is 6.09 Å². The lowest BCUT2D eigenvalue weighted by molar-refractivity contribution is 0.170. The van der Waals surface area contributed by atoms with Crippen LogP contribution < -0.4 is 9.64 Å². The van der Waals surface area contributed by atoms with Crippen molar-refractivity contribution in [3.8, 4) is 5.75 Å². The average Bonchev–Trinajstić information content (AvgIpc) is 3.19. The maximum absolute atomic E-state index is 12.2. The minimum atomic E-state index is -0.212. The Kier molecular flexibility index (Phi) is 3.89. The van der Waals surface area contributed by atoms with Crippen LogP contribution in [0.15, 0.2) is 18.2 Å². The number of fused-ring (bicyclic) bond motifs is 3. The number of nitrogens with zero attached hydrogens (tertiary/aromatic N) is 2. The predicted octanol–water partition coefficient (Wildman–Crippen LogP) is 3.17. The summed E-state index contributed by atoms with van der Waals surface area (Å²) in [6.07, 6.45) is 6.03. The van der Waals surface area contributed by atoms with Crippen molar-refractivity contribution in [1.29, 1.82) is 0 Å². The Morgan fingerprint density at radius 2 is 2.00 bits per heavy atom. The minimum absolute atomic E-state index is 0.152. The molecule has 1 atom stereocenters. The van der Waals surface area contributed by atoms with E-state index < -0.39 is 0 Å². The summed E-state index contributed by atoms with van der Waals surface area (Å²) in [5.41, 5.74) is 2.15. The molecule has 124 valence electrons. The summed E-state index contributed by atoms with van der Waals surface area (Å²) in [7, 11) is 1.69. The van der Waals surface area contributed by atoms with E-state index >= 15 is 0 Å². The van der Waals surface area contributed by atoms with Gasteiger partial charge in [-0.05, 0) is 43.0 Å². The molecule has 0 radical (unpaired) electrons. The van der Waals surface area contributed by atoms with Gasteiger partial charge in [0.15, 0.2) is 0 Å². The van der Waals surface area contributed by atoms with Crippen LogP contribution in [0.3, 0.4) is 0 Å². The summed E-state index contributed by atoms with van der Waals surface area (Å²) in [5.74, 6) is 0.847. The second-order valence-corrected chi connectivity index (χ2v) is 6.79. The zero-order valence-corrected chi connectivity index (χ0v) is 13.7. The topological polar surface area (TPSA) is 42.0 Å². The van der Waals surface area contributed by atoms with Crippen molar-refractivity contribution in [2.24, 2.45) is 0 Å². The number of carbonyl (C=O) groups is 1. The summed E-state index contributed by atoms with van der Waals surface area (Å²) in [4.78, 5) is 16.6. The van der Waals surface area contributed by atoms with Gasteiger partial charge in [0, 0.05) is 19.1 Å². The van der Waals surface area contributed by atoms with Gasteiger partial charge in [0.25, 0.3) is 0 Å². The number of methoxy groups -OCH3 is 1. The van der Waals surface area contributed by atoms with E-state index in [9.17, 15) is 4.79 Å². The lowest BCUT2D eigenvalue weighted by Crippen LogP contribution is -2.42. The zero-order chi connectivity index (χ0) is 15.8. The van der Waals surface area contributed by atoms with E-state index in [1.165, 1.54) is 31.2 Å². The van der Waals surface area contributed by atoms with Crippen LogP contribution in [-0.2, 0) is 11.3 Å². The van der Waals surface area contributed by atoms with Gasteiger partial charge in [0.05, 0.1) is 18.8 Å². The SMILES string of the molecule is COc1ccc2c(c1)CN(C1CCCC1)CCC1COC(=O)N21. The van der Waals surface area contributed by atoms with Crippen LogP contribution in [0.25, 0.3) is 0 Å². The minimum Gasteiger partial charge on any atom is -0.497 e. The number of benzene rings is 1. The van der Waals surface area contributed by atoms with Crippen LogP contribution in [0.4, 0.5) is 10.5 Å². The molecular weight excluding hydrogens is 292 g/mol. The highest BCUT2D eigenvalue weighted by molar-refractivity contribution is 5.91. The highest BCUT2D eigenvalue weighted by atomic mass is 16.6. The highest BCUT2D eigenvalue weighted by Crippen LogP contribution is 2.35. The van der Waals surface area contributed by atoms with Gasteiger partial charge in [-0.25, -0.2) is 4.79 Å². The Hall–Kier alpha value is -1.75. The van der Waals surface area contributed by atoms with Crippen molar-refractivity contribution >= 4 is 11.8 Å². The number of anilines is 1. The number of ether oxygens (including phenoxy) is 2. The first kappa shape index (κ1) is 14.8. The molecule has 4 rings (SSSR count). The molecule has 3 aliphatic rings. The lowest BCUT2D eigenvalue weighted by Gasteiger charge is -2.35. The molecular formula is C18H24N2O3. The second-order valence-electron chi connectivity index (χ2n) is 6.79.